The van der Waals surface area contributed by atoms with Crippen LogP contribution < -0.4 is 0 Å². The first kappa shape index (κ1) is 21.7. The lowest BCUT2D eigenvalue weighted by Crippen LogP contribution is -1.74. The molecule has 2 aromatic heterocycles. The van der Waals surface area contributed by atoms with E-state index >= 15 is 0 Å². The third-order valence-electron chi connectivity index (χ3n) is 2.03. The van der Waals surface area contributed by atoms with Crippen molar-refractivity contribution in [3.8, 4) is 11.8 Å². The van der Waals surface area contributed by atoms with E-state index in [0.29, 0.717) is 0 Å². The van der Waals surface area contributed by atoms with Crippen molar-refractivity contribution in [2.24, 2.45) is 0 Å². The van der Waals surface area contributed by atoms with Gasteiger partial charge in [0.15, 0.2) is 0 Å². The summed E-state index contributed by atoms with van der Waals surface area (Å²) >= 11 is 1.77. The number of rotatable bonds is 1. The summed E-state index contributed by atoms with van der Waals surface area (Å²) in [6.07, 6.45) is 4.60. The third kappa shape index (κ3) is 9.87. The second kappa shape index (κ2) is 16.5. The Morgan fingerprint density at radius 2 is 1.43 bits per heavy atom. The van der Waals surface area contributed by atoms with Crippen LogP contribution in [0.4, 0.5) is 0 Å². The quantitative estimate of drug-likeness (QED) is 0.573. The van der Waals surface area contributed by atoms with Crippen molar-refractivity contribution in [1.29, 1.82) is 0 Å². The van der Waals surface area contributed by atoms with Crippen molar-refractivity contribution in [2.45, 2.75) is 54.9 Å². The highest BCUT2D eigenvalue weighted by Crippen LogP contribution is 2.14. The van der Waals surface area contributed by atoms with Crippen LogP contribution >= 0.6 is 11.3 Å². The topological polar surface area (TPSA) is 12.9 Å². The van der Waals surface area contributed by atoms with Crippen LogP contribution in [-0.4, -0.2) is 4.98 Å². The zero-order valence-electron chi connectivity index (χ0n) is 14.5. The van der Waals surface area contributed by atoms with Gasteiger partial charge in [0.1, 0.15) is 0 Å². The van der Waals surface area contributed by atoms with E-state index in [1.807, 2.05) is 53.7 Å². The molecule has 0 aliphatic rings. The molecule has 116 valence electrons. The van der Waals surface area contributed by atoms with Crippen molar-refractivity contribution in [3.05, 3.63) is 52.0 Å². The predicted molar refractivity (Wildman–Crippen MR) is 98.0 cm³/mol. The molecule has 0 radical (unpaired) electrons. The smallest absolute Gasteiger partial charge is 0.0358 e. The van der Waals surface area contributed by atoms with Gasteiger partial charge in [0.05, 0.1) is 0 Å². The zero-order valence-corrected chi connectivity index (χ0v) is 15.3. The summed E-state index contributed by atoms with van der Waals surface area (Å²) in [7, 11) is 0. The summed E-state index contributed by atoms with van der Waals surface area (Å²) in [6, 6.07) is 5.99. The number of aryl methyl sites for hydroxylation is 1. The SMILES string of the molecule is CC.CC.CC.CCc1cc(C#Cc2ccncc2)cs1. The average molecular weight is 304 g/mol. The summed E-state index contributed by atoms with van der Waals surface area (Å²) in [4.78, 5) is 5.34. The van der Waals surface area contributed by atoms with E-state index in [0.717, 1.165) is 17.5 Å². The number of hydrogen-bond donors (Lipinski definition) is 0. The maximum atomic E-state index is 3.95. The van der Waals surface area contributed by atoms with Gasteiger partial charge in [0, 0.05) is 33.8 Å². The molecule has 0 atom stereocenters. The van der Waals surface area contributed by atoms with Gasteiger partial charge in [-0.1, -0.05) is 60.3 Å². The molecule has 21 heavy (non-hydrogen) atoms. The molecule has 0 saturated heterocycles. The lowest BCUT2D eigenvalue weighted by molar-refractivity contribution is 1.19. The zero-order chi connectivity index (χ0) is 16.5. The fourth-order valence-electron chi connectivity index (χ4n) is 1.21. The van der Waals surface area contributed by atoms with E-state index in [9.17, 15) is 0 Å². The van der Waals surface area contributed by atoms with Gasteiger partial charge in [0.25, 0.3) is 0 Å². The standard InChI is InChI=1S/C13H11NS.3C2H6/c1-2-13-9-12(10-15-13)4-3-11-5-7-14-8-6-11;3*1-2/h5-10H,2H2,1H3;3*1-2H3. The Balaban J connectivity index is 0. The molecular weight excluding hydrogens is 274 g/mol. The second-order valence-electron chi connectivity index (χ2n) is 3.14. The van der Waals surface area contributed by atoms with Crippen molar-refractivity contribution in [1.82, 2.24) is 4.98 Å². The highest BCUT2D eigenvalue weighted by Gasteiger charge is 1.93. The molecule has 0 N–H and O–H groups in total. The van der Waals surface area contributed by atoms with Crippen LogP contribution in [0.15, 0.2) is 36.0 Å². The molecule has 0 fully saturated rings. The Kier molecular flexibility index (Phi) is 17.0. The Labute approximate surface area is 135 Å². The summed E-state index contributed by atoms with van der Waals surface area (Å²) < 4.78 is 0. The number of nitrogens with zero attached hydrogens (tertiary/aromatic N) is 1. The van der Waals surface area contributed by atoms with Gasteiger partial charge in [-0.2, -0.15) is 0 Å². The lowest BCUT2D eigenvalue weighted by atomic mass is 10.2. The van der Waals surface area contributed by atoms with Crippen molar-refractivity contribution in [2.75, 3.05) is 0 Å². The Bertz CT molecular complexity index is 489. The largest absolute Gasteiger partial charge is 0.265 e. The summed E-state index contributed by atoms with van der Waals surface area (Å²) in [6.45, 7) is 14.2. The molecule has 0 aliphatic heterocycles. The molecule has 2 heteroatoms. The highest BCUT2D eigenvalue weighted by atomic mass is 32.1. The van der Waals surface area contributed by atoms with Crippen molar-refractivity contribution < 1.29 is 0 Å². The molecule has 2 rings (SSSR count). The van der Waals surface area contributed by atoms with Crippen LogP contribution in [0.25, 0.3) is 0 Å². The minimum Gasteiger partial charge on any atom is -0.265 e. The van der Waals surface area contributed by atoms with Crippen LogP contribution in [0, 0.1) is 11.8 Å². The maximum absolute atomic E-state index is 3.95. The van der Waals surface area contributed by atoms with Gasteiger partial charge in [-0.05, 0) is 24.6 Å². The van der Waals surface area contributed by atoms with Crippen molar-refractivity contribution >= 4 is 11.3 Å². The van der Waals surface area contributed by atoms with Crippen LogP contribution in [0.2, 0.25) is 0 Å². The van der Waals surface area contributed by atoms with Crippen molar-refractivity contribution in [3.63, 3.8) is 0 Å². The number of hydrogen-bond acceptors (Lipinski definition) is 2. The minimum atomic E-state index is 1.01. The number of aromatic nitrogens is 1. The molecule has 0 spiro atoms. The fraction of sp³-hybridized carbons (Fsp3) is 0.421. The van der Waals surface area contributed by atoms with Crippen LogP contribution in [0.3, 0.4) is 0 Å². The fourth-order valence-corrected chi connectivity index (χ4v) is 1.98. The Morgan fingerprint density at radius 3 is 1.90 bits per heavy atom. The minimum absolute atomic E-state index is 1.01. The molecule has 2 heterocycles. The lowest BCUT2D eigenvalue weighted by Gasteiger charge is -1.85. The third-order valence-corrected chi connectivity index (χ3v) is 3.11. The number of pyridine rings is 1. The van der Waals surface area contributed by atoms with Gasteiger partial charge >= 0.3 is 0 Å². The van der Waals surface area contributed by atoms with Crippen LogP contribution in [0.5, 0.6) is 0 Å². The first-order chi connectivity index (χ1) is 10.4. The predicted octanol–water partition coefficient (Wildman–Crippen LogP) is 6.18. The maximum Gasteiger partial charge on any atom is 0.0358 e. The molecule has 0 aliphatic carbocycles. The average Bonchev–Trinajstić information content (AvgIpc) is 3.07. The van der Waals surface area contributed by atoms with E-state index in [1.165, 1.54) is 4.88 Å². The number of thiophene rings is 1. The molecule has 0 saturated carbocycles. The van der Waals surface area contributed by atoms with Gasteiger partial charge < -0.3 is 0 Å². The van der Waals surface area contributed by atoms with Crippen LogP contribution in [-0.2, 0) is 6.42 Å². The molecule has 0 bridgehead atoms. The summed E-state index contributed by atoms with van der Waals surface area (Å²) in [5, 5.41) is 2.10. The molecule has 0 amide bonds. The van der Waals surface area contributed by atoms with Gasteiger partial charge in [-0.15, -0.1) is 11.3 Å². The van der Waals surface area contributed by atoms with Gasteiger partial charge in [0.2, 0.25) is 0 Å². The Morgan fingerprint density at radius 1 is 0.905 bits per heavy atom. The van der Waals surface area contributed by atoms with E-state index in [2.05, 4.69) is 35.2 Å². The molecular formula is C19H29NS. The molecule has 0 unspecified atom stereocenters. The van der Waals surface area contributed by atoms with E-state index in [4.69, 9.17) is 0 Å². The summed E-state index contributed by atoms with van der Waals surface area (Å²) in [5.41, 5.74) is 2.11. The monoisotopic (exact) mass is 303 g/mol. The van der Waals surface area contributed by atoms with Crippen LogP contribution in [0.1, 0.15) is 64.5 Å². The van der Waals surface area contributed by atoms with E-state index in [1.54, 1.807) is 23.7 Å². The first-order valence-corrected chi connectivity index (χ1v) is 8.76. The Hall–Kier alpha value is -1.59. The molecule has 1 nitrogen and oxygen atoms in total. The van der Waals surface area contributed by atoms with E-state index in [-0.39, 0.29) is 0 Å². The summed E-state index contributed by atoms with van der Waals surface area (Å²) in [5.74, 6) is 6.26. The van der Waals surface area contributed by atoms with Gasteiger partial charge in [-0.25, -0.2) is 0 Å². The molecule has 2 aromatic rings. The normalized spacial score (nSPS) is 7.57. The van der Waals surface area contributed by atoms with E-state index < -0.39 is 0 Å². The highest BCUT2D eigenvalue weighted by molar-refractivity contribution is 7.10. The van der Waals surface area contributed by atoms with Gasteiger partial charge in [-0.3, -0.25) is 4.98 Å². The second-order valence-corrected chi connectivity index (χ2v) is 4.14. The first-order valence-electron chi connectivity index (χ1n) is 7.88. The molecule has 0 aromatic carbocycles.